The van der Waals surface area contributed by atoms with Crippen LogP contribution in [-0.2, 0) is 9.59 Å². The zero-order chi connectivity index (χ0) is 21.7. The number of hydrogen-bond acceptors (Lipinski definition) is 4. The zero-order valence-electron chi connectivity index (χ0n) is 16.9. The Morgan fingerprint density at radius 3 is 2.17 bits per heavy atom. The molecule has 2 aromatic carbocycles. The minimum Gasteiger partial charge on any atom is -0.326 e. The maximum atomic E-state index is 12.7. The summed E-state index contributed by atoms with van der Waals surface area (Å²) in [5.41, 5.74) is 2.23. The van der Waals surface area contributed by atoms with Crippen LogP contribution in [0.25, 0.3) is 0 Å². The first kappa shape index (κ1) is 21.0. The van der Waals surface area contributed by atoms with Crippen molar-refractivity contribution < 1.29 is 19.2 Å². The predicted octanol–water partition coefficient (Wildman–Crippen LogP) is 3.48. The van der Waals surface area contributed by atoms with Gasteiger partial charge in [-0.1, -0.05) is 12.1 Å². The Bertz CT molecular complexity index is 971. The van der Waals surface area contributed by atoms with Gasteiger partial charge in [-0.15, -0.1) is 0 Å². The third kappa shape index (κ3) is 5.22. The highest BCUT2D eigenvalue weighted by atomic mass is 16.2. The second-order valence-corrected chi connectivity index (χ2v) is 7.17. The molecule has 1 saturated heterocycles. The Balaban J connectivity index is 1.63. The summed E-state index contributed by atoms with van der Waals surface area (Å²) in [6.45, 7) is 3.36. The van der Waals surface area contributed by atoms with Crippen molar-refractivity contribution in [2.75, 3.05) is 22.5 Å². The molecule has 0 bridgehead atoms. The summed E-state index contributed by atoms with van der Waals surface area (Å²) in [6, 6.07) is 12.5. The Morgan fingerprint density at radius 1 is 0.867 bits per heavy atom. The second kappa shape index (κ2) is 9.21. The summed E-state index contributed by atoms with van der Waals surface area (Å²) >= 11 is 0. The fourth-order valence-electron chi connectivity index (χ4n) is 3.36. The van der Waals surface area contributed by atoms with Crippen LogP contribution in [0.4, 0.5) is 21.9 Å². The van der Waals surface area contributed by atoms with Gasteiger partial charge in [0.05, 0.1) is 0 Å². The molecular formula is C22H24N4O4. The van der Waals surface area contributed by atoms with Gasteiger partial charge in [-0.2, -0.15) is 0 Å². The molecular weight excluding hydrogens is 384 g/mol. The molecule has 4 amide bonds. The van der Waals surface area contributed by atoms with E-state index in [1.165, 1.54) is 18.7 Å². The number of urea groups is 1. The average molecular weight is 408 g/mol. The van der Waals surface area contributed by atoms with Gasteiger partial charge in [0.15, 0.2) is 5.78 Å². The lowest BCUT2D eigenvalue weighted by Gasteiger charge is -2.24. The van der Waals surface area contributed by atoms with Gasteiger partial charge in [0.2, 0.25) is 11.8 Å². The minimum absolute atomic E-state index is 0.0888. The van der Waals surface area contributed by atoms with Gasteiger partial charge in [0.25, 0.3) is 0 Å². The molecule has 8 nitrogen and oxygen atoms in total. The molecule has 0 aromatic heterocycles. The van der Waals surface area contributed by atoms with Gasteiger partial charge >= 0.3 is 6.03 Å². The largest absolute Gasteiger partial charge is 0.326 e. The molecule has 1 aliphatic rings. The molecule has 0 unspecified atom stereocenters. The number of nitrogens with zero attached hydrogens (tertiary/aromatic N) is 1. The van der Waals surface area contributed by atoms with E-state index in [2.05, 4.69) is 16.0 Å². The van der Waals surface area contributed by atoms with Crippen LogP contribution in [0.5, 0.6) is 0 Å². The second-order valence-electron chi connectivity index (χ2n) is 7.17. The third-order valence-corrected chi connectivity index (χ3v) is 4.81. The van der Waals surface area contributed by atoms with E-state index in [9.17, 15) is 19.2 Å². The highest BCUT2D eigenvalue weighted by Gasteiger charge is 2.34. The molecule has 1 heterocycles. The van der Waals surface area contributed by atoms with Crippen molar-refractivity contribution in [1.82, 2.24) is 4.90 Å². The lowest BCUT2D eigenvalue weighted by Crippen LogP contribution is -2.45. The van der Waals surface area contributed by atoms with Crippen LogP contribution >= 0.6 is 0 Å². The predicted molar refractivity (Wildman–Crippen MR) is 115 cm³/mol. The Morgan fingerprint density at radius 2 is 1.53 bits per heavy atom. The first-order chi connectivity index (χ1) is 14.3. The van der Waals surface area contributed by atoms with Crippen molar-refractivity contribution in [3.05, 3.63) is 54.1 Å². The Hall–Kier alpha value is -3.68. The highest BCUT2D eigenvalue weighted by Crippen LogP contribution is 2.22. The molecule has 0 spiro atoms. The first-order valence-corrected chi connectivity index (χ1v) is 9.70. The Kier molecular flexibility index (Phi) is 6.46. The van der Waals surface area contributed by atoms with Crippen molar-refractivity contribution in [1.29, 1.82) is 0 Å². The number of amides is 4. The quantitative estimate of drug-likeness (QED) is 0.658. The fraction of sp³-hybridized carbons (Fsp3) is 0.273. The average Bonchev–Trinajstić information content (AvgIpc) is 3.19. The molecule has 30 heavy (non-hydrogen) atoms. The van der Waals surface area contributed by atoms with Gasteiger partial charge in [-0.25, -0.2) is 4.79 Å². The monoisotopic (exact) mass is 408 g/mol. The number of rotatable bonds is 5. The van der Waals surface area contributed by atoms with Crippen molar-refractivity contribution in [2.24, 2.45) is 0 Å². The number of carbonyl (C=O) groups excluding carboxylic acids is 4. The number of Topliss-reactive ketones (excluding diaryl/α,β-unsaturated/α-hetero) is 1. The van der Waals surface area contributed by atoms with E-state index in [1.807, 2.05) is 0 Å². The molecule has 0 aliphatic carbocycles. The molecule has 1 atom stereocenters. The van der Waals surface area contributed by atoms with E-state index >= 15 is 0 Å². The third-order valence-electron chi connectivity index (χ3n) is 4.81. The normalized spacial score (nSPS) is 15.4. The molecule has 1 fully saturated rings. The summed E-state index contributed by atoms with van der Waals surface area (Å²) < 4.78 is 0. The summed E-state index contributed by atoms with van der Waals surface area (Å²) in [5, 5.41) is 8.25. The van der Waals surface area contributed by atoms with Crippen LogP contribution in [0, 0.1) is 0 Å². The van der Waals surface area contributed by atoms with E-state index in [4.69, 9.17) is 0 Å². The number of nitrogens with one attached hydrogen (secondary N) is 3. The molecule has 0 saturated carbocycles. The molecule has 0 radical (unpaired) electrons. The molecule has 156 valence electrons. The van der Waals surface area contributed by atoms with Crippen molar-refractivity contribution in [3.8, 4) is 0 Å². The number of anilines is 3. The van der Waals surface area contributed by atoms with Crippen LogP contribution in [0.3, 0.4) is 0 Å². The number of likely N-dealkylation sites (tertiary alicyclic amines) is 1. The maximum Gasteiger partial charge on any atom is 0.322 e. The van der Waals surface area contributed by atoms with E-state index in [1.54, 1.807) is 48.5 Å². The van der Waals surface area contributed by atoms with E-state index in [0.29, 0.717) is 35.6 Å². The van der Waals surface area contributed by atoms with Crippen LogP contribution < -0.4 is 16.0 Å². The molecule has 3 rings (SSSR count). The number of carbonyl (C=O) groups is 4. The topological polar surface area (TPSA) is 108 Å². The van der Waals surface area contributed by atoms with Gasteiger partial charge in [0.1, 0.15) is 6.04 Å². The molecule has 8 heteroatoms. The van der Waals surface area contributed by atoms with Gasteiger partial charge in [-0.05, 0) is 56.2 Å². The smallest absolute Gasteiger partial charge is 0.322 e. The van der Waals surface area contributed by atoms with Crippen molar-refractivity contribution >= 4 is 40.7 Å². The lowest BCUT2D eigenvalue weighted by atomic mass is 10.1. The lowest BCUT2D eigenvalue weighted by molar-refractivity contribution is -0.119. The van der Waals surface area contributed by atoms with Crippen molar-refractivity contribution in [2.45, 2.75) is 32.7 Å². The number of benzene rings is 2. The number of ketones is 1. The van der Waals surface area contributed by atoms with Crippen LogP contribution in [0.1, 0.15) is 37.0 Å². The van der Waals surface area contributed by atoms with Crippen molar-refractivity contribution in [3.63, 3.8) is 0 Å². The summed E-state index contributed by atoms with van der Waals surface area (Å²) in [6.07, 6.45) is 1.29. The van der Waals surface area contributed by atoms with Crippen LogP contribution in [-0.4, -0.2) is 41.1 Å². The SMILES string of the molecule is CC(=O)Nc1ccc(NC(=O)[C@@H]2CCCN2C(=O)Nc2cccc(C(C)=O)c2)cc1. The zero-order valence-corrected chi connectivity index (χ0v) is 16.9. The van der Waals surface area contributed by atoms with Gasteiger partial charge in [-0.3, -0.25) is 14.4 Å². The van der Waals surface area contributed by atoms with Gasteiger partial charge in [0, 0.05) is 36.1 Å². The first-order valence-electron chi connectivity index (χ1n) is 9.70. The van der Waals surface area contributed by atoms with Crippen LogP contribution in [0.2, 0.25) is 0 Å². The molecule has 1 aliphatic heterocycles. The number of hydrogen-bond donors (Lipinski definition) is 3. The summed E-state index contributed by atoms with van der Waals surface area (Å²) in [5.74, 6) is -0.533. The maximum absolute atomic E-state index is 12.7. The summed E-state index contributed by atoms with van der Waals surface area (Å²) in [7, 11) is 0. The van der Waals surface area contributed by atoms with Gasteiger partial charge < -0.3 is 20.9 Å². The fourth-order valence-corrected chi connectivity index (χ4v) is 3.36. The van der Waals surface area contributed by atoms with E-state index in [-0.39, 0.29) is 23.6 Å². The minimum atomic E-state index is -0.587. The van der Waals surface area contributed by atoms with E-state index < -0.39 is 6.04 Å². The molecule has 2 aromatic rings. The van der Waals surface area contributed by atoms with Crippen LogP contribution in [0.15, 0.2) is 48.5 Å². The summed E-state index contributed by atoms with van der Waals surface area (Å²) in [4.78, 5) is 49.6. The highest BCUT2D eigenvalue weighted by molar-refractivity contribution is 6.00. The molecule has 3 N–H and O–H groups in total. The van der Waals surface area contributed by atoms with E-state index in [0.717, 1.165) is 6.42 Å². The Labute approximate surface area is 174 Å². The standard InChI is InChI=1S/C22H24N4O4/c1-14(27)16-5-3-6-19(13-16)25-22(30)26-12-4-7-20(26)21(29)24-18-10-8-17(9-11-18)23-15(2)28/h3,5-6,8-11,13,20H,4,7,12H2,1-2H3,(H,23,28)(H,24,29)(H,25,30)/t20-/m0/s1.